The number of aryl methyl sites for hydroxylation is 3. The highest BCUT2D eigenvalue weighted by atomic mass is 32.2. The molecule has 1 N–H and O–H groups in total. The minimum Gasteiger partial charge on any atom is -0.368 e. The summed E-state index contributed by atoms with van der Waals surface area (Å²) in [5.41, 5.74) is 3.03. The van der Waals surface area contributed by atoms with Gasteiger partial charge in [0.1, 0.15) is 10.7 Å². The van der Waals surface area contributed by atoms with Crippen LogP contribution in [-0.4, -0.2) is 50.4 Å². The van der Waals surface area contributed by atoms with Gasteiger partial charge in [0, 0.05) is 31.9 Å². The molecule has 2 aromatic carbocycles. The van der Waals surface area contributed by atoms with E-state index in [2.05, 4.69) is 14.6 Å². The van der Waals surface area contributed by atoms with Crippen LogP contribution in [0, 0.1) is 26.6 Å². The summed E-state index contributed by atoms with van der Waals surface area (Å²) in [6.07, 6.45) is 0. The highest BCUT2D eigenvalue weighted by Crippen LogP contribution is 2.28. The molecule has 4 rings (SSSR count). The smallest absolute Gasteiger partial charge is 0.266 e. The predicted molar refractivity (Wildman–Crippen MR) is 128 cm³/mol. The van der Waals surface area contributed by atoms with Gasteiger partial charge in [0.15, 0.2) is 5.13 Å². The van der Waals surface area contributed by atoms with Gasteiger partial charge in [-0.1, -0.05) is 29.0 Å². The number of hydrogen-bond acceptors (Lipinski definition) is 6. The fourth-order valence-corrected chi connectivity index (χ4v) is 6.27. The van der Waals surface area contributed by atoms with Crippen LogP contribution in [0.25, 0.3) is 0 Å². The zero-order valence-electron chi connectivity index (χ0n) is 18.6. The highest BCUT2D eigenvalue weighted by molar-refractivity contribution is 7.93. The van der Waals surface area contributed by atoms with E-state index in [1.54, 1.807) is 43.0 Å². The molecule has 174 valence electrons. The van der Waals surface area contributed by atoms with Crippen LogP contribution >= 0.6 is 11.3 Å². The fourth-order valence-electron chi connectivity index (χ4n) is 3.87. The summed E-state index contributed by atoms with van der Waals surface area (Å²) in [5.74, 6) is -0.446. The molecule has 1 amide bonds. The highest BCUT2D eigenvalue weighted by Gasteiger charge is 2.27. The van der Waals surface area contributed by atoms with Crippen LogP contribution in [0.1, 0.15) is 26.5 Å². The van der Waals surface area contributed by atoms with Crippen molar-refractivity contribution in [2.45, 2.75) is 25.7 Å². The third kappa shape index (κ3) is 5.01. The lowest BCUT2D eigenvalue weighted by Crippen LogP contribution is -2.48. The molecule has 1 aliphatic heterocycles. The maximum Gasteiger partial charge on any atom is 0.266 e. The Bertz CT molecular complexity index is 1280. The van der Waals surface area contributed by atoms with Crippen molar-refractivity contribution in [3.63, 3.8) is 0 Å². The minimum absolute atomic E-state index is 0.166. The first-order valence-electron chi connectivity index (χ1n) is 10.5. The Hall–Kier alpha value is -2.98. The lowest BCUT2D eigenvalue weighted by Gasteiger charge is -2.36. The number of amides is 1. The Morgan fingerprint density at radius 1 is 1.03 bits per heavy atom. The molecule has 1 fully saturated rings. The van der Waals surface area contributed by atoms with Crippen LogP contribution in [0.15, 0.2) is 47.4 Å². The number of anilines is 2. The predicted octanol–water partition coefficient (Wildman–Crippen LogP) is 3.97. The Kier molecular flexibility index (Phi) is 6.40. The van der Waals surface area contributed by atoms with Crippen molar-refractivity contribution < 1.29 is 17.6 Å². The maximum atomic E-state index is 13.2. The lowest BCUT2D eigenvalue weighted by atomic mass is 10.2. The molecular weight excluding hydrogens is 463 g/mol. The molecule has 1 aliphatic rings. The topological polar surface area (TPSA) is 82.6 Å². The van der Waals surface area contributed by atoms with Crippen LogP contribution in [-0.2, 0) is 10.0 Å². The number of halogens is 1. The summed E-state index contributed by atoms with van der Waals surface area (Å²) in [7, 11) is -3.82. The van der Waals surface area contributed by atoms with E-state index in [0.29, 0.717) is 42.3 Å². The van der Waals surface area contributed by atoms with Crippen molar-refractivity contribution in [2.75, 3.05) is 35.8 Å². The molecule has 0 spiro atoms. The zero-order valence-corrected chi connectivity index (χ0v) is 20.3. The number of rotatable bonds is 5. The second kappa shape index (κ2) is 9.11. The number of benzene rings is 2. The zero-order chi connectivity index (χ0) is 23.8. The van der Waals surface area contributed by atoms with E-state index in [1.165, 1.54) is 12.1 Å². The molecule has 0 radical (unpaired) electrons. The summed E-state index contributed by atoms with van der Waals surface area (Å²) < 4.78 is 41.4. The summed E-state index contributed by atoms with van der Waals surface area (Å²) in [4.78, 5) is 21.8. The standard InChI is InChI=1S/C23H25FN4O3S2/c1-15-4-9-20(16(2)14-15)33(30,31)26-23-25-17(3)21(32-23)22(29)28-12-10-27(11-13-28)19-7-5-18(24)6-8-19/h4-9,14H,10-13H2,1-3H3,(H,25,26). The molecule has 2 heterocycles. The van der Waals surface area contributed by atoms with E-state index in [4.69, 9.17) is 0 Å². The molecular formula is C23H25FN4O3S2. The number of piperazine rings is 1. The number of nitrogens with zero attached hydrogens (tertiary/aromatic N) is 3. The largest absolute Gasteiger partial charge is 0.368 e. The average molecular weight is 489 g/mol. The number of nitrogens with one attached hydrogen (secondary N) is 1. The number of carbonyl (C=O) groups is 1. The van der Waals surface area contributed by atoms with Gasteiger partial charge < -0.3 is 9.80 Å². The molecule has 0 unspecified atom stereocenters. The second-order valence-corrected chi connectivity index (χ2v) is 10.7. The first-order chi connectivity index (χ1) is 15.6. The fraction of sp³-hybridized carbons (Fsp3) is 0.304. The van der Waals surface area contributed by atoms with Gasteiger partial charge >= 0.3 is 0 Å². The van der Waals surface area contributed by atoms with Crippen molar-refractivity contribution >= 4 is 38.1 Å². The summed E-state index contributed by atoms with van der Waals surface area (Å²) in [6, 6.07) is 11.4. The molecule has 7 nitrogen and oxygen atoms in total. The van der Waals surface area contributed by atoms with E-state index in [0.717, 1.165) is 22.6 Å². The third-order valence-corrected chi connectivity index (χ3v) is 8.28. The Morgan fingerprint density at radius 2 is 1.70 bits per heavy atom. The average Bonchev–Trinajstić information content (AvgIpc) is 3.12. The maximum absolute atomic E-state index is 13.2. The molecule has 10 heteroatoms. The van der Waals surface area contributed by atoms with Gasteiger partial charge in [0.25, 0.3) is 15.9 Å². The van der Waals surface area contributed by atoms with Crippen LogP contribution < -0.4 is 9.62 Å². The molecule has 33 heavy (non-hydrogen) atoms. The summed E-state index contributed by atoms with van der Waals surface area (Å²) >= 11 is 1.04. The number of aromatic nitrogens is 1. The van der Waals surface area contributed by atoms with E-state index in [9.17, 15) is 17.6 Å². The van der Waals surface area contributed by atoms with Gasteiger partial charge in [0.2, 0.25) is 0 Å². The molecule has 0 atom stereocenters. The quantitative estimate of drug-likeness (QED) is 0.588. The lowest BCUT2D eigenvalue weighted by molar-refractivity contribution is 0.0750. The Morgan fingerprint density at radius 3 is 2.33 bits per heavy atom. The molecule has 1 saturated heterocycles. The number of sulfonamides is 1. The van der Waals surface area contributed by atoms with Crippen molar-refractivity contribution in [2.24, 2.45) is 0 Å². The second-order valence-electron chi connectivity index (χ2n) is 8.06. The molecule has 0 saturated carbocycles. The molecule has 3 aromatic rings. The van der Waals surface area contributed by atoms with Crippen molar-refractivity contribution in [1.29, 1.82) is 0 Å². The van der Waals surface area contributed by atoms with Gasteiger partial charge in [-0.05, 0) is 56.7 Å². The molecule has 0 aliphatic carbocycles. The Balaban J connectivity index is 1.45. The minimum atomic E-state index is -3.82. The molecule has 1 aromatic heterocycles. The number of carbonyl (C=O) groups excluding carboxylic acids is 1. The van der Waals surface area contributed by atoms with Gasteiger partial charge in [-0.2, -0.15) is 0 Å². The van der Waals surface area contributed by atoms with Crippen LogP contribution in [0.4, 0.5) is 15.2 Å². The van der Waals surface area contributed by atoms with E-state index in [1.807, 2.05) is 13.0 Å². The summed E-state index contributed by atoms with van der Waals surface area (Å²) in [6.45, 7) is 7.62. The third-order valence-electron chi connectivity index (χ3n) is 5.59. The van der Waals surface area contributed by atoms with Gasteiger partial charge in [-0.3, -0.25) is 9.52 Å². The van der Waals surface area contributed by atoms with Gasteiger partial charge in [-0.25, -0.2) is 17.8 Å². The van der Waals surface area contributed by atoms with E-state index < -0.39 is 10.0 Å². The van der Waals surface area contributed by atoms with Gasteiger partial charge in [-0.15, -0.1) is 0 Å². The SMILES string of the molecule is Cc1ccc(S(=O)(=O)Nc2nc(C)c(C(=O)N3CCN(c4ccc(F)cc4)CC3)s2)c(C)c1. The van der Waals surface area contributed by atoms with Crippen molar-refractivity contribution in [1.82, 2.24) is 9.88 Å². The van der Waals surface area contributed by atoms with E-state index in [-0.39, 0.29) is 21.8 Å². The monoisotopic (exact) mass is 488 g/mol. The normalized spacial score (nSPS) is 14.4. The summed E-state index contributed by atoms with van der Waals surface area (Å²) in [5, 5.41) is 0.167. The van der Waals surface area contributed by atoms with Crippen LogP contribution in [0.3, 0.4) is 0 Å². The van der Waals surface area contributed by atoms with Crippen LogP contribution in [0.2, 0.25) is 0 Å². The number of hydrogen-bond donors (Lipinski definition) is 1. The van der Waals surface area contributed by atoms with Gasteiger partial charge in [0.05, 0.1) is 10.6 Å². The van der Waals surface area contributed by atoms with Crippen molar-refractivity contribution in [3.8, 4) is 0 Å². The van der Waals surface area contributed by atoms with E-state index >= 15 is 0 Å². The van der Waals surface area contributed by atoms with Crippen LogP contribution in [0.5, 0.6) is 0 Å². The van der Waals surface area contributed by atoms with Crippen molar-refractivity contribution in [3.05, 3.63) is 70.0 Å². The first kappa shape index (κ1) is 23.2. The first-order valence-corrected chi connectivity index (χ1v) is 12.8. The Labute approximate surface area is 196 Å². The molecule has 0 bridgehead atoms. The number of thiazole rings is 1.